The number of benzene rings is 1. The summed E-state index contributed by atoms with van der Waals surface area (Å²) in [5.41, 5.74) is 7.58. The number of fused-ring (bicyclic) bond motifs is 1. The van der Waals surface area contributed by atoms with Crippen LogP contribution in [-0.2, 0) is 20.7 Å². The highest BCUT2D eigenvalue weighted by Gasteiger charge is 2.36. The van der Waals surface area contributed by atoms with E-state index < -0.39 is 5.54 Å². The highest BCUT2D eigenvalue weighted by Crippen LogP contribution is 2.27. The van der Waals surface area contributed by atoms with Crippen LogP contribution in [-0.4, -0.2) is 43.2 Å². The number of nitrogens with two attached hydrogens (primary N) is 1. The first-order valence-corrected chi connectivity index (χ1v) is 10.1. The van der Waals surface area contributed by atoms with Crippen molar-refractivity contribution in [2.24, 2.45) is 11.7 Å². The molecule has 3 N–H and O–H groups in total. The van der Waals surface area contributed by atoms with E-state index in [2.05, 4.69) is 25.2 Å². The number of nitrogens with one attached hydrogen (secondary N) is 1. The fourth-order valence-corrected chi connectivity index (χ4v) is 3.82. The summed E-state index contributed by atoms with van der Waals surface area (Å²) in [6, 6.07) is 7.76. The number of nitrogens with zero attached hydrogens (tertiary/aromatic N) is 1. The Hall–Kier alpha value is -1.89. The van der Waals surface area contributed by atoms with Gasteiger partial charge in [0, 0.05) is 37.6 Å². The van der Waals surface area contributed by atoms with Crippen LogP contribution in [0.2, 0.25) is 0 Å². The largest absolute Gasteiger partial charge is 0.381 e. The van der Waals surface area contributed by atoms with Crippen molar-refractivity contribution >= 4 is 29.9 Å². The van der Waals surface area contributed by atoms with Gasteiger partial charge in [0.15, 0.2) is 0 Å². The van der Waals surface area contributed by atoms with Crippen LogP contribution in [0.3, 0.4) is 0 Å². The van der Waals surface area contributed by atoms with E-state index in [9.17, 15) is 9.59 Å². The molecule has 1 aromatic carbocycles. The number of hydrogen-bond acceptors (Lipinski definition) is 4. The van der Waals surface area contributed by atoms with Gasteiger partial charge in [-0.15, -0.1) is 12.4 Å². The molecule has 2 aliphatic heterocycles. The number of halogens is 1. The van der Waals surface area contributed by atoms with Gasteiger partial charge in [0.1, 0.15) is 0 Å². The number of hydrogen-bond donors (Lipinski definition) is 2. The molecule has 29 heavy (non-hydrogen) atoms. The Morgan fingerprint density at radius 2 is 1.97 bits per heavy atom. The first kappa shape index (κ1) is 23.4. The molecule has 160 valence electrons. The van der Waals surface area contributed by atoms with Crippen molar-refractivity contribution in [1.82, 2.24) is 5.32 Å². The van der Waals surface area contributed by atoms with Gasteiger partial charge in [-0.05, 0) is 43.2 Å². The van der Waals surface area contributed by atoms with E-state index in [0.29, 0.717) is 38.5 Å². The lowest BCUT2D eigenvalue weighted by atomic mass is 9.89. The molecule has 0 aliphatic carbocycles. The molecule has 2 heterocycles. The summed E-state index contributed by atoms with van der Waals surface area (Å²) in [5, 5.41) is 3.05. The number of amides is 2. The van der Waals surface area contributed by atoms with Gasteiger partial charge < -0.3 is 20.7 Å². The van der Waals surface area contributed by atoms with Crippen LogP contribution in [0.15, 0.2) is 36.4 Å². The maximum Gasteiger partial charge on any atom is 0.250 e. The van der Waals surface area contributed by atoms with E-state index in [1.807, 2.05) is 24.3 Å². The maximum absolute atomic E-state index is 12.8. The number of carbonyl (C=O) groups excluding carboxylic acids is 2. The summed E-state index contributed by atoms with van der Waals surface area (Å²) in [5.74, 6) is 0.160. The lowest BCUT2D eigenvalue weighted by molar-refractivity contribution is -0.130. The van der Waals surface area contributed by atoms with Gasteiger partial charge in [0.05, 0.1) is 5.54 Å². The number of rotatable bonds is 6. The van der Waals surface area contributed by atoms with Crippen LogP contribution in [0.5, 0.6) is 0 Å². The normalized spacial score (nSPS) is 19.0. The van der Waals surface area contributed by atoms with Gasteiger partial charge in [-0.3, -0.25) is 9.59 Å². The summed E-state index contributed by atoms with van der Waals surface area (Å²) in [6.45, 7) is 5.88. The molecule has 7 heteroatoms. The Labute approximate surface area is 179 Å². The van der Waals surface area contributed by atoms with Crippen molar-refractivity contribution in [3.05, 3.63) is 42.0 Å². The quantitative estimate of drug-likeness (QED) is 0.691. The zero-order valence-corrected chi connectivity index (χ0v) is 18.0. The summed E-state index contributed by atoms with van der Waals surface area (Å²) >= 11 is 0. The molecule has 0 spiro atoms. The standard InChI is InChI=1S/C22H31N3O3.ClH/c1-16(2)15-18(24-21(27)22(23)10-13-28-14-11-22)7-8-20(26)25-12-9-17-5-3-4-6-19(17)25;/h3-8,16,18H,9-15,23H2,1-2H3,(H,24,27);1H/t18-;/m1./s1. The van der Waals surface area contributed by atoms with Gasteiger partial charge in [-0.2, -0.15) is 0 Å². The second-order valence-electron chi connectivity index (χ2n) is 8.21. The molecule has 0 bridgehead atoms. The first-order chi connectivity index (χ1) is 13.4. The molecule has 1 fully saturated rings. The first-order valence-electron chi connectivity index (χ1n) is 10.1. The molecule has 2 amide bonds. The van der Waals surface area contributed by atoms with Crippen LogP contribution in [0.1, 0.15) is 38.7 Å². The molecule has 0 radical (unpaired) electrons. The smallest absolute Gasteiger partial charge is 0.250 e. The second-order valence-corrected chi connectivity index (χ2v) is 8.21. The van der Waals surface area contributed by atoms with Crippen LogP contribution >= 0.6 is 12.4 Å². The van der Waals surface area contributed by atoms with E-state index in [4.69, 9.17) is 10.5 Å². The molecule has 6 nitrogen and oxygen atoms in total. The van der Waals surface area contributed by atoms with Gasteiger partial charge >= 0.3 is 0 Å². The molecule has 3 rings (SSSR count). The van der Waals surface area contributed by atoms with Crippen molar-refractivity contribution in [2.75, 3.05) is 24.7 Å². The molecule has 0 unspecified atom stereocenters. The number of para-hydroxylation sites is 1. The maximum atomic E-state index is 12.8. The van der Waals surface area contributed by atoms with E-state index in [1.165, 1.54) is 5.56 Å². The third-order valence-electron chi connectivity index (χ3n) is 5.50. The fraction of sp³-hybridized carbons (Fsp3) is 0.545. The zero-order chi connectivity index (χ0) is 20.1. The van der Waals surface area contributed by atoms with Crippen molar-refractivity contribution < 1.29 is 14.3 Å². The van der Waals surface area contributed by atoms with Crippen LogP contribution in [0, 0.1) is 5.92 Å². The molecule has 1 atom stereocenters. The van der Waals surface area contributed by atoms with Gasteiger partial charge in [0.25, 0.3) is 5.91 Å². The molecule has 1 aromatic rings. The number of anilines is 1. The summed E-state index contributed by atoms with van der Waals surface area (Å²) in [4.78, 5) is 27.3. The SMILES string of the molecule is CC(C)C[C@@H](C=CC(=O)N1CCc2ccccc21)NC(=O)C1(N)CCOCC1.Cl. The van der Waals surface area contributed by atoms with Crippen molar-refractivity contribution in [3.63, 3.8) is 0 Å². The molecule has 2 aliphatic rings. The highest BCUT2D eigenvalue weighted by molar-refractivity contribution is 6.03. The van der Waals surface area contributed by atoms with E-state index in [0.717, 1.165) is 18.5 Å². The van der Waals surface area contributed by atoms with E-state index >= 15 is 0 Å². The topological polar surface area (TPSA) is 84.7 Å². The predicted octanol–water partition coefficient (Wildman–Crippen LogP) is 2.59. The molecule has 1 saturated heterocycles. The Bertz CT molecular complexity index is 745. The highest BCUT2D eigenvalue weighted by atomic mass is 35.5. The molecule has 0 saturated carbocycles. The van der Waals surface area contributed by atoms with Crippen molar-refractivity contribution in [3.8, 4) is 0 Å². The Morgan fingerprint density at radius 1 is 1.28 bits per heavy atom. The van der Waals surface area contributed by atoms with Crippen LogP contribution < -0.4 is 16.0 Å². The van der Waals surface area contributed by atoms with Gasteiger partial charge in [-0.1, -0.05) is 38.1 Å². The monoisotopic (exact) mass is 421 g/mol. The van der Waals surface area contributed by atoms with Crippen molar-refractivity contribution in [2.45, 2.75) is 51.1 Å². The average molecular weight is 422 g/mol. The Balaban J connectivity index is 0.00000300. The van der Waals surface area contributed by atoms with Gasteiger partial charge in [-0.25, -0.2) is 0 Å². The lowest BCUT2D eigenvalue weighted by Gasteiger charge is -2.33. The second kappa shape index (κ2) is 10.2. The minimum Gasteiger partial charge on any atom is -0.381 e. The minimum atomic E-state index is -0.890. The van der Waals surface area contributed by atoms with Gasteiger partial charge in [0.2, 0.25) is 5.91 Å². The molecular weight excluding hydrogens is 390 g/mol. The summed E-state index contributed by atoms with van der Waals surface area (Å²) in [7, 11) is 0. The van der Waals surface area contributed by atoms with Crippen LogP contribution in [0.4, 0.5) is 5.69 Å². The number of carbonyl (C=O) groups is 2. The summed E-state index contributed by atoms with van der Waals surface area (Å²) < 4.78 is 5.33. The summed E-state index contributed by atoms with van der Waals surface area (Å²) in [6.07, 6.45) is 6.05. The minimum absolute atomic E-state index is 0. The lowest BCUT2D eigenvalue weighted by Crippen LogP contribution is -2.58. The molecule has 0 aromatic heterocycles. The van der Waals surface area contributed by atoms with E-state index in [-0.39, 0.29) is 30.3 Å². The number of ether oxygens (including phenoxy) is 1. The fourth-order valence-electron chi connectivity index (χ4n) is 3.82. The third-order valence-corrected chi connectivity index (χ3v) is 5.50. The Morgan fingerprint density at radius 3 is 2.66 bits per heavy atom. The van der Waals surface area contributed by atoms with Crippen molar-refractivity contribution in [1.29, 1.82) is 0 Å². The zero-order valence-electron chi connectivity index (χ0n) is 17.2. The molecular formula is C22H32ClN3O3. The van der Waals surface area contributed by atoms with E-state index in [1.54, 1.807) is 11.0 Å². The third kappa shape index (κ3) is 5.81. The predicted molar refractivity (Wildman–Crippen MR) is 117 cm³/mol. The Kier molecular flexibility index (Phi) is 8.25. The van der Waals surface area contributed by atoms with Crippen LogP contribution in [0.25, 0.3) is 0 Å². The average Bonchev–Trinajstić information content (AvgIpc) is 3.10.